The van der Waals surface area contributed by atoms with Crippen LogP contribution in [0.15, 0.2) is 24.3 Å². The Morgan fingerprint density at radius 1 is 1.17 bits per heavy atom. The molecule has 2 fully saturated rings. The van der Waals surface area contributed by atoms with E-state index >= 15 is 0 Å². The van der Waals surface area contributed by atoms with Gasteiger partial charge in [-0.15, -0.1) is 0 Å². The van der Waals surface area contributed by atoms with Crippen molar-refractivity contribution in [3.05, 3.63) is 35.4 Å². The van der Waals surface area contributed by atoms with Crippen molar-refractivity contribution in [2.24, 2.45) is 0 Å². The predicted octanol–water partition coefficient (Wildman–Crippen LogP) is 2.31. The van der Waals surface area contributed by atoms with E-state index < -0.39 is 0 Å². The summed E-state index contributed by atoms with van der Waals surface area (Å²) in [6.07, 6.45) is 1.68. The summed E-state index contributed by atoms with van der Waals surface area (Å²) in [5.41, 5.74) is 2.51. The maximum Gasteiger partial charge on any atom is 0.223 e. The first-order valence-electron chi connectivity index (χ1n) is 10.8. The van der Waals surface area contributed by atoms with E-state index in [2.05, 4.69) is 55.3 Å². The van der Waals surface area contributed by atoms with E-state index in [1.54, 1.807) is 0 Å². The molecule has 6 nitrogen and oxygen atoms in total. The van der Waals surface area contributed by atoms with Gasteiger partial charge in [-0.3, -0.25) is 14.5 Å². The smallest absolute Gasteiger partial charge is 0.223 e. The van der Waals surface area contributed by atoms with Crippen LogP contribution < -0.4 is 5.32 Å². The standard InChI is InChI=1S/C23H35N3O3/c1-23(2,3)19-6-4-18(5-7-19)17-26-20(8-9-22(26)28)16-21(27)24-10-11-25-12-14-29-15-13-25/h4-7,20H,8-17H2,1-3H3,(H,24,27). The number of ether oxygens (including phenoxy) is 1. The Balaban J connectivity index is 1.48. The predicted molar refractivity (Wildman–Crippen MR) is 114 cm³/mol. The van der Waals surface area contributed by atoms with Crippen LogP contribution in [-0.4, -0.2) is 67.0 Å². The first-order valence-corrected chi connectivity index (χ1v) is 10.8. The number of morpholine rings is 1. The van der Waals surface area contributed by atoms with Gasteiger partial charge in [0.1, 0.15) is 0 Å². The normalized spacial score (nSPS) is 20.9. The van der Waals surface area contributed by atoms with Crippen LogP contribution in [0.1, 0.15) is 51.2 Å². The van der Waals surface area contributed by atoms with Gasteiger partial charge in [-0.2, -0.15) is 0 Å². The number of hydrogen-bond acceptors (Lipinski definition) is 4. The van der Waals surface area contributed by atoms with Crippen molar-refractivity contribution in [2.45, 2.75) is 58.0 Å². The van der Waals surface area contributed by atoms with Gasteiger partial charge in [0.05, 0.1) is 13.2 Å². The van der Waals surface area contributed by atoms with Crippen LogP contribution >= 0.6 is 0 Å². The Labute approximate surface area is 174 Å². The van der Waals surface area contributed by atoms with Gasteiger partial charge in [0.25, 0.3) is 0 Å². The van der Waals surface area contributed by atoms with Gasteiger partial charge in [-0.25, -0.2) is 0 Å². The van der Waals surface area contributed by atoms with Crippen LogP contribution in [0.4, 0.5) is 0 Å². The molecule has 29 heavy (non-hydrogen) atoms. The second-order valence-electron chi connectivity index (χ2n) is 9.17. The molecule has 1 N–H and O–H groups in total. The summed E-state index contributed by atoms with van der Waals surface area (Å²) in [5, 5.41) is 3.02. The van der Waals surface area contributed by atoms with Crippen LogP contribution in [-0.2, 0) is 26.3 Å². The summed E-state index contributed by atoms with van der Waals surface area (Å²) < 4.78 is 5.34. The molecule has 0 saturated carbocycles. The molecule has 0 aromatic heterocycles. The van der Waals surface area contributed by atoms with Gasteiger partial charge >= 0.3 is 0 Å². The Kier molecular flexibility index (Phi) is 7.30. The van der Waals surface area contributed by atoms with E-state index in [1.165, 1.54) is 5.56 Å². The monoisotopic (exact) mass is 401 g/mol. The van der Waals surface area contributed by atoms with Crippen molar-refractivity contribution in [3.8, 4) is 0 Å². The minimum Gasteiger partial charge on any atom is -0.379 e. The van der Waals surface area contributed by atoms with Crippen molar-refractivity contribution >= 4 is 11.8 Å². The van der Waals surface area contributed by atoms with Gasteiger partial charge in [0.2, 0.25) is 11.8 Å². The zero-order chi connectivity index (χ0) is 20.9. The largest absolute Gasteiger partial charge is 0.379 e. The number of likely N-dealkylation sites (tertiary alicyclic amines) is 1. The molecule has 0 bridgehead atoms. The fraction of sp³-hybridized carbons (Fsp3) is 0.652. The molecule has 2 heterocycles. The van der Waals surface area contributed by atoms with E-state index in [1.807, 2.05) is 4.90 Å². The molecule has 1 unspecified atom stereocenters. The summed E-state index contributed by atoms with van der Waals surface area (Å²) in [5.74, 6) is 0.182. The number of benzene rings is 1. The molecule has 3 rings (SSSR count). The lowest BCUT2D eigenvalue weighted by Gasteiger charge is -2.27. The lowest BCUT2D eigenvalue weighted by Crippen LogP contribution is -2.42. The number of carbonyl (C=O) groups excluding carboxylic acids is 2. The summed E-state index contributed by atoms with van der Waals surface area (Å²) in [6.45, 7) is 12.0. The molecule has 2 saturated heterocycles. The third-order valence-corrected chi connectivity index (χ3v) is 5.90. The minimum absolute atomic E-state index is 0.00632. The molecular formula is C23H35N3O3. The van der Waals surface area contributed by atoms with Crippen LogP contribution in [0, 0.1) is 0 Å². The highest BCUT2D eigenvalue weighted by atomic mass is 16.5. The van der Waals surface area contributed by atoms with Crippen molar-refractivity contribution < 1.29 is 14.3 Å². The summed E-state index contributed by atoms with van der Waals surface area (Å²) in [7, 11) is 0. The van der Waals surface area contributed by atoms with Gasteiger partial charge < -0.3 is 15.0 Å². The fourth-order valence-corrected chi connectivity index (χ4v) is 3.99. The fourth-order valence-electron chi connectivity index (χ4n) is 3.99. The maximum absolute atomic E-state index is 12.4. The highest BCUT2D eigenvalue weighted by Crippen LogP contribution is 2.26. The Hall–Kier alpha value is -1.92. The van der Waals surface area contributed by atoms with E-state index in [4.69, 9.17) is 4.74 Å². The number of carbonyl (C=O) groups is 2. The van der Waals surface area contributed by atoms with E-state index in [0.717, 1.165) is 44.8 Å². The zero-order valence-electron chi connectivity index (χ0n) is 18.1. The van der Waals surface area contributed by atoms with Crippen molar-refractivity contribution in [1.82, 2.24) is 15.1 Å². The Bertz CT molecular complexity index is 690. The first kappa shape index (κ1) is 21.8. The molecule has 160 valence electrons. The molecule has 0 radical (unpaired) electrons. The summed E-state index contributed by atoms with van der Waals surface area (Å²) in [6, 6.07) is 8.48. The minimum atomic E-state index is -0.00632. The van der Waals surface area contributed by atoms with Crippen LogP contribution in [0.3, 0.4) is 0 Å². The maximum atomic E-state index is 12.4. The Morgan fingerprint density at radius 2 is 1.86 bits per heavy atom. The number of amides is 2. The molecule has 2 aliphatic heterocycles. The number of nitrogens with one attached hydrogen (secondary N) is 1. The lowest BCUT2D eigenvalue weighted by molar-refractivity contribution is -0.130. The van der Waals surface area contributed by atoms with Gasteiger partial charge in [-0.05, 0) is 23.0 Å². The number of nitrogens with zero attached hydrogens (tertiary/aromatic N) is 2. The van der Waals surface area contributed by atoms with Gasteiger partial charge in [-0.1, -0.05) is 45.0 Å². The molecular weight excluding hydrogens is 366 g/mol. The second kappa shape index (κ2) is 9.72. The zero-order valence-corrected chi connectivity index (χ0v) is 18.1. The highest BCUT2D eigenvalue weighted by molar-refractivity contribution is 5.82. The third-order valence-electron chi connectivity index (χ3n) is 5.90. The molecule has 6 heteroatoms. The average Bonchev–Trinajstić information content (AvgIpc) is 3.02. The average molecular weight is 402 g/mol. The van der Waals surface area contributed by atoms with Crippen LogP contribution in [0.2, 0.25) is 0 Å². The summed E-state index contributed by atoms with van der Waals surface area (Å²) >= 11 is 0. The molecule has 0 spiro atoms. The van der Waals surface area contributed by atoms with Gasteiger partial charge in [0, 0.05) is 51.6 Å². The first-order chi connectivity index (χ1) is 13.8. The van der Waals surface area contributed by atoms with E-state index in [-0.39, 0.29) is 23.3 Å². The lowest BCUT2D eigenvalue weighted by atomic mass is 9.87. The number of rotatable bonds is 7. The summed E-state index contributed by atoms with van der Waals surface area (Å²) in [4.78, 5) is 29.0. The molecule has 2 aliphatic rings. The molecule has 1 aromatic carbocycles. The van der Waals surface area contributed by atoms with Crippen molar-refractivity contribution in [2.75, 3.05) is 39.4 Å². The third kappa shape index (κ3) is 6.28. The van der Waals surface area contributed by atoms with E-state index in [9.17, 15) is 9.59 Å². The van der Waals surface area contributed by atoms with Crippen molar-refractivity contribution in [1.29, 1.82) is 0 Å². The SMILES string of the molecule is CC(C)(C)c1ccc(CN2C(=O)CCC2CC(=O)NCCN2CCOCC2)cc1. The van der Waals surface area contributed by atoms with Crippen LogP contribution in [0.25, 0.3) is 0 Å². The molecule has 1 atom stereocenters. The Morgan fingerprint density at radius 3 is 2.52 bits per heavy atom. The topological polar surface area (TPSA) is 61.9 Å². The van der Waals surface area contributed by atoms with Gasteiger partial charge in [0.15, 0.2) is 0 Å². The molecule has 2 amide bonds. The number of hydrogen-bond donors (Lipinski definition) is 1. The van der Waals surface area contributed by atoms with Crippen molar-refractivity contribution in [3.63, 3.8) is 0 Å². The molecule has 1 aromatic rings. The molecule has 0 aliphatic carbocycles. The second-order valence-corrected chi connectivity index (χ2v) is 9.17. The van der Waals surface area contributed by atoms with Crippen LogP contribution in [0.5, 0.6) is 0 Å². The quantitative estimate of drug-likeness (QED) is 0.762. The highest BCUT2D eigenvalue weighted by Gasteiger charge is 2.32. The van der Waals surface area contributed by atoms with E-state index in [0.29, 0.717) is 25.9 Å².